The van der Waals surface area contributed by atoms with Crippen LogP contribution in [0.3, 0.4) is 0 Å². The average Bonchev–Trinajstić information content (AvgIpc) is 3.20. The molecule has 0 unspecified atom stereocenters. The van der Waals surface area contributed by atoms with Crippen LogP contribution in [0, 0.1) is 5.92 Å². The smallest absolute Gasteiger partial charge is 0.228 e. The number of fused-ring (bicyclic) bond motifs is 1. The summed E-state index contributed by atoms with van der Waals surface area (Å²) < 4.78 is 13.5. The van der Waals surface area contributed by atoms with E-state index in [9.17, 15) is 9.00 Å². The van der Waals surface area contributed by atoms with Crippen molar-refractivity contribution >= 4 is 34.1 Å². The lowest BCUT2D eigenvalue weighted by Crippen LogP contribution is -2.17. The third-order valence-electron chi connectivity index (χ3n) is 3.91. The van der Waals surface area contributed by atoms with Gasteiger partial charge in [0.1, 0.15) is 5.82 Å². The van der Waals surface area contributed by atoms with Gasteiger partial charge >= 0.3 is 0 Å². The fourth-order valence-corrected chi connectivity index (χ4v) is 4.06. The van der Waals surface area contributed by atoms with Crippen molar-refractivity contribution in [1.29, 1.82) is 0 Å². The lowest BCUT2D eigenvalue weighted by Gasteiger charge is -2.11. The zero-order valence-electron chi connectivity index (χ0n) is 11.7. The number of nitrogens with one attached hydrogen (secondary N) is 1. The van der Waals surface area contributed by atoms with Crippen LogP contribution in [-0.2, 0) is 27.1 Å². The molecule has 7 heteroatoms. The minimum atomic E-state index is -0.931. The molecule has 1 aliphatic carbocycles. The Hall–Kier alpha value is -1.66. The van der Waals surface area contributed by atoms with Crippen molar-refractivity contribution in [2.45, 2.75) is 24.3 Å². The van der Waals surface area contributed by atoms with Gasteiger partial charge in [-0.1, -0.05) is 17.7 Å². The van der Waals surface area contributed by atoms with E-state index in [1.807, 2.05) is 12.1 Å². The second-order valence-electron chi connectivity index (χ2n) is 5.66. The van der Waals surface area contributed by atoms with E-state index in [1.165, 1.54) is 0 Å². The van der Waals surface area contributed by atoms with Crippen LogP contribution in [0.1, 0.15) is 24.1 Å². The van der Waals surface area contributed by atoms with Gasteiger partial charge in [0.15, 0.2) is 0 Å². The Kier molecular flexibility index (Phi) is 3.31. The molecule has 2 heterocycles. The fourth-order valence-electron chi connectivity index (χ4n) is 2.62. The second-order valence-corrected chi connectivity index (χ2v) is 7.55. The first-order chi connectivity index (χ1) is 10.6. The molecule has 1 atom stereocenters. The van der Waals surface area contributed by atoms with Crippen molar-refractivity contribution in [1.82, 2.24) is 9.78 Å². The highest BCUT2D eigenvalue weighted by Gasteiger charge is 2.33. The molecule has 2 aliphatic rings. The Bertz CT molecular complexity index is 798. The molecule has 4 rings (SSSR count). The lowest BCUT2D eigenvalue weighted by atomic mass is 10.2. The van der Waals surface area contributed by atoms with E-state index in [-0.39, 0.29) is 11.8 Å². The molecule has 2 aromatic rings. The van der Waals surface area contributed by atoms with E-state index in [0.717, 1.165) is 29.8 Å². The van der Waals surface area contributed by atoms with Gasteiger partial charge in [0, 0.05) is 27.3 Å². The third-order valence-corrected chi connectivity index (χ3v) is 5.35. The molecule has 1 saturated carbocycles. The van der Waals surface area contributed by atoms with Crippen LogP contribution in [0.2, 0.25) is 5.02 Å². The van der Waals surface area contributed by atoms with Crippen LogP contribution < -0.4 is 5.32 Å². The number of amides is 1. The average molecular weight is 336 g/mol. The van der Waals surface area contributed by atoms with Gasteiger partial charge in [-0.2, -0.15) is 5.10 Å². The first-order valence-corrected chi connectivity index (χ1v) is 9.01. The molecule has 0 radical (unpaired) electrons. The maximum absolute atomic E-state index is 12.2. The summed E-state index contributed by atoms with van der Waals surface area (Å²) in [5, 5.41) is 8.12. The molecule has 22 heavy (non-hydrogen) atoms. The summed E-state index contributed by atoms with van der Waals surface area (Å²) in [6.07, 6.45) is 1.87. The summed E-state index contributed by atoms with van der Waals surface area (Å²) >= 11 is 6.05. The first kappa shape index (κ1) is 14.0. The summed E-state index contributed by atoms with van der Waals surface area (Å²) in [6, 6.07) is 7.32. The van der Waals surface area contributed by atoms with Gasteiger partial charge in [-0.15, -0.1) is 0 Å². The number of hydrogen-bond acceptors (Lipinski definition) is 3. The number of carbonyl (C=O) groups excluding carboxylic acids is 1. The van der Waals surface area contributed by atoms with Crippen LogP contribution in [0.4, 0.5) is 5.82 Å². The molecule has 0 spiro atoms. The van der Waals surface area contributed by atoms with Gasteiger partial charge in [-0.05, 0) is 31.0 Å². The van der Waals surface area contributed by atoms with Gasteiger partial charge in [0.25, 0.3) is 0 Å². The number of hydrogen-bond donors (Lipinski definition) is 1. The SMILES string of the molecule is O=C(Nc1c2c(nn1-c1cccc(Cl)c1)C[S@](=O)C2)C1CC1. The van der Waals surface area contributed by atoms with Crippen molar-refractivity contribution in [3.05, 3.63) is 40.5 Å². The minimum Gasteiger partial charge on any atom is -0.310 e. The van der Waals surface area contributed by atoms with Crippen molar-refractivity contribution < 1.29 is 9.00 Å². The molecule has 1 aromatic carbocycles. The highest BCUT2D eigenvalue weighted by Crippen LogP contribution is 2.35. The van der Waals surface area contributed by atoms with Gasteiger partial charge in [-0.3, -0.25) is 9.00 Å². The van der Waals surface area contributed by atoms with Gasteiger partial charge in [-0.25, -0.2) is 4.68 Å². The number of halogens is 1. The molecular formula is C15H14ClN3O2S. The van der Waals surface area contributed by atoms with E-state index >= 15 is 0 Å². The van der Waals surface area contributed by atoms with Crippen molar-refractivity contribution in [2.24, 2.45) is 5.92 Å². The molecule has 1 fully saturated rings. The summed E-state index contributed by atoms with van der Waals surface area (Å²) in [4.78, 5) is 12.2. The molecule has 0 bridgehead atoms. The third kappa shape index (κ3) is 2.46. The Balaban J connectivity index is 1.79. The Morgan fingerprint density at radius 3 is 2.91 bits per heavy atom. The summed E-state index contributed by atoms with van der Waals surface area (Å²) in [6.45, 7) is 0. The van der Waals surface area contributed by atoms with Crippen LogP contribution in [0.5, 0.6) is 0 Å². The maximum atomic E-state index is 12.2. The Morgan fingerprint density at radius 1 is 1.36 bits per heavy atom. The maximum Gasteiger partial charge on any atom is 0.228 e. The molecular weight excluding hydrogens is 322 g/mol. The lowest BCUT2D eigenvalue weighted by molar-refractivity contribution is -0.117. The monoisotopic (exact) mass is 335 g/mol. The van der Waals surface area contributed by atoms with Gasteiger partial charge in [0.05, 0.1) is 22.9 Å². The van der Waals surface area contributed by atoms with E-state index in [2.05, 4.69) is 10.4 Å². The predicted octanol–water partition coefficient (Wildman–Crippen LogP) is 2.64. The van der Waals surface area contributed by atoms with E-state index < -0.39 is 10.8 Å². The van der Waals surface area contributed by atoms with E-state index in [1.54, 1.807) is 16.8 Å². The number of rotatable bonds is 3. The topological polar surface area (TPSA) is 64.0 Å². The van der Waals surface area contributed by atoms with Gasteiger partial charge in [0.2, 0.25) is 5.91 Å². The second kappa shape index (κ2) is 5.21. The summed E-state index contributed by atoms with van der Waals surface area (Å²) in [5.41, 5.74) is 2.47. The number of benzene rings is 1. The molecule has 114 valence electrons. The largest absolute Gasteiger partial charge is 0.310 e. The van der Waals surface area contributed by atoms with Crippen LogP contribution in [-0.4, -0.2) is 19.9 Å². The highest BCUT2D eigenvalue weighted by molar-refractivity contribution is 7.83. The summed E-state index contributed by atoms with van der Waals surface area (Å²) in [5.74, 6) is 1.64. The minimum absolute atomic E-state index is 0.0173. The normalized spacial score (nSPS) is 20.0. The molecule has 0 saturated heterocycles. The Morgan fingerprint density at radius 2 is 2.18 bits per heavy atom. The zero-order valence-corrected chi connectivity index (χ0v) is 13.3. The zero-order chi connectivity index (χ0) is 15.3. The van der Waals surface area contributed by atoms with Crippen LogP contribution in [0.15, 0.2) is 24.3 Å². The molecule has 1 N–H and O–H groups in total. The number of carbonyl (C=O) groups is 1. The standard InChI is InChI=1S/C15H14ClN3O2S/c16-10-2-1-3-11(6-10)19-14(17-15(20)9-4-5-9)12-7-22(21)8-13(12)18-19/h1-3,6,9H,4-5,7-8H2,(H,17,20)/t22-/m1/s1. The fraction of sp³-hybridized carbons (Fsp3) is 0.333. The van der Waals surface area contributed by atoms with Gasteiger partial charge < -0.3 is 5.32 Å². The number of aromatic nitrogens is 2. The molecule has 1 aromatic heterocycles. The molecule has 1 aliphatic heterocycles. The van der Waals surface area contributed by atoms with Crippen LogP contribution in [0.25, 0.3) is 5.69 Å². The van der Waals surface area contributed by atoms with Crippen molar-refractivity contribution in [2.75, 3.05) is 5.32 Å². The van der Waals surface area contributed by atoms with Crippen LogP contribution >= 0.6 is 11.6 Å². The number of nitrogens with zero attached hydrogens (tertiary/aromatic N) is 2. The Labute approximate surface area is 135 Å². The quantitative estimate of drug-likeness (QED) is 0.937. The van der Waals surface area contributed by atoms with Crippen molar-refractivity contribution in [3.8, 4) is 5.69 Å². The van der Waals surface area contributed by atoms with E-state index in [0.29, 0.717) is 22.3 Å². The van der Waals surface area contributed by atoms with Crippen molar-refractivity contribution in [3.63, 3.8) is 0 Å². The van der Waals surface area contributed by atoms with E-state index in [4.69, 9.17) is 11.6 Å². The first-order valence-electron chi connectivity index (χ1n) is 7.14. The predicted molar refractivity (Wildman–Crippen MR) is 85.5 cm³/mol. The highest BCUT2D eigenvalue weighted by atomic mass is 35.5. The number of anilines is 1. The molecule has 1 amide bonds. The molecule has 5 nitrogen and oxygen atoms in total. The summed E-state index contributed by atoms with van der Waals surface area (Å²) in [7, 11) is -0.931.